The Morgan fingerprint density at radius 2 is 2.00 bits per heavy atom. The summed E-state index contributed by atoms with van der Waals surface area (Å²) in [5, 5.41) is 4.30. The Morgan fingerprint density at radius 1 is 1.35 bits per heavy atom. The summed E-state index contributed by atoms with van der Waals surface area (Å²) in [5.74, 6) is -1.23. The van der Waals surface area contributed by atoms with E-state index in [4.69, 9.17) is 16.3 Å². The molecule has 1 atom stereocenters. The summed E-state index contributed by atoms with van der Waals surface area (Å²) < 4.78 is 41.7. The maximum atomic E-state index is 11.9. The van der Waals surface area contributed by atoms with Gasteiger partial charge in [0, 0.05) is 5.02 Å². The van der Waals surface area contributed by atoms with Crippen LogP contribution in [0.4, 0.5) is 13.2 Å². The van der Waals surface area contributed by atoms with E-state index in [1.807, 2.05) is 0 Å². The molecule has 10 heteroatoms. The van der Waals surface area contributed by atoms with Crippen LogP contribution < -0.4 is 15.4 Å². The van der Waals surface area contributed by atoms with E-state index in [2.05, 4.69) is 21.2 Å². The molecular weight excluding hydrogens is 405 g/mol. The van der Waals surface area contributed by atoms with Crippen LogP contribution in [0.1, 0.15) is 6.92 Å². The van der Waals surface area contributed by atoms with Crippen molar-refractivity contribution in [3.63, 3.8) is 0 Å². The van der Waals surface area contributed by atoms with Crippen LogP contribution in [-0.2, 0) is 9.59 Å². The van der Waals surface area contributed by atoms with Crippen LogP contribution in [-0.4, -0.2) is 37.2 Å². The smallest absolute Gasteiger partial charge is 0.405 e. The number of hydrogen-bond acceptors (Lipinski definition) is 3. The highest BCUT2D eigenvalue weighted by Gasteiger charge is 2.27. The zero-order valence-electron chi connectivity index (χ0n) is 11.8. The topological polar surface area (TPSA) is 67.4 Å². The lowest BCUT2D eigenvalue weighted by atomic mass is 10.3. The van der Waals surface area contributed by atoms with Crippen molar-refractivity contribution in [2.45, 2.75) is 19.2 Å². The summed E-state index contributed by atoms with van der Waals surface area (Å²) in [6.07, 6.45) is -5.46. The highest BCUT2D eigenvalue weighted by Crippen LogP contribution is 2.28. The van der Waals surface area contributed by atoms with Crippen molar-refractivity contribution in [1.29, 1.82) is 0 Å². The largest absolute Gasteiger partial charge is 0.480 e. The molecule has 2 N–H and O–H groups in total. The molecule has 1 aromatic carbocycles. The van der Waals surface area contributed by atoms with Gasteiger partial charge in [-0.1, -0.05) is 11.6 Å². The van der Waals surface area contributed by atoms with Crippen molar-refractivity contribution in [1.82, 2.24) is 10.6 Å². The Bertz CT molecular complexity index is 584. The molecule has 128 valence electrons. The average Bonchev–Trinajstić information content (AvgIpc) is 2.44. The predicted octanol–water partition coefficient (Wildman–Crippen LogP) is 2.66. The van der Waals surface area contributed by atoms with Crippen LogP contribution in [0.2, 0.25) is 5.02 Å². The minimum atomic E-state index is -4.50. The zero-order chi connectivity index (χ0) is 17.6. The Labute approximate surface area is 143 Å². The fraction of sp³-hybridized carbons (Fsp3) is 0.385. The molecule has 1 rings (SSSR count). The third kappa shape index (κ3) is 7.56. The van der Waals surface area contributed by atoms with E-state index in [1.54, 1.807) is 23.5 Å². The van der Waals surface area contributed by atoms with Crippen LogP contribution in [0, 0.1) is 0 Å². The number of benzene rings is 1. The van der Waals surface area contributed by atoms with Gasteiger partial charge in [0.15, 0.2) is 6.10 Å². The van der Waals surface area contributed by atoms with Crippen molar-refractivity contribution in [2.75, 3.05) is 13.1 Å². The average molecular weight is 418 g/mol. The number of halogens is 5. The summed E-state index contributed by atoms with van der Waals surface area (Å²) in [5.41, 5.74) is 0. The zero-order valence-corrected chi connectivity index (χ0v) is 14.2. The van der Waals surface area contributed by atoms with E-state index in [-0.39, 0.29) is 0 Å². The molecule has 5 nitrogen and oxygen atoms in total. The summed E-state index contributed by atoms with van der Waals surface area (Å²) in [6.45, 7) is -0.597. The highest BCUT2D eigenvalue weighted by molar-refractivity contribution is 9.10. The molecule has 1 unspecified atom stereocenters. The van der Waals surface area contributed by atoms with Crippen LogP contribution in [0.3, 0.4) is 0 Å². The molecule has 0 aliphatic heterocycles. The lowest BCUT2D eigenvalue weighted by molar-refractivity contribution is -0.139. The van der Waals surface area contributed by atoms with Crippen molar-refractivity contribution in [3.05, 3.63) is 27.7 Å². The molecule has 0 radical (unpaired) electrons. The van der Waals surface area contributed by atoms with Gasteiger partial charge in [-0.25, -0.2) is 0 Å². The fourth-order valence-electron chi connectivity index (χ4n) is 1.39. The Kier molecular flexibility index (Phi) is 7.14. The van der Waals surface area contributed by atoms with Crippen molar-refractivity contribution in [2.24, 2.45) is 0 Å². The Balaban J connectivity index is 2.43. The number of nitrogens with one attached hydrogen (secondary N) is 2. The standard InChI is InChI=1S/C13H13BrClF3N2O3/c1-7(23-10-3-2-8(15)4-9(10)14)12(22)19-5-11(21)20-6-13(16,17)18/h2-4,7H,5-6H2,1H3,(H,19,22)(H,20,21). The van der Waals surface area contributed by atoms with E-state index in [1.165, 1.54) is 6.92 Å². The quantitative estimate of drug-likeness (QED) is 0.748. The molecule has 2 amide bonds. The summed E-state index contributed by atoms with van der Waals surface area (Å²) in [4.78, 5) is 22.9. The van der Waals surface area contributed by atoms with Crippen molar-refractivity contribution < 1.29 is 27.5 Å². The van der Waals surface area contributed by atoms with Crippen LogP contribution in [0.5, 0.6) is 5.75 Å². The normalized spacial score (nSPS) is 12.4. The van der Waals surface area contributed by atoms with Gasteiger partial charge < -0.3 is 15.4 Å². The number of ether oxygens (including phenoxy) is 1. The van der Waals surface area contributed by atoms with Gasteiger partial charge in [-0.2, -0.15) is 13.2 Å². The molecule has 0 fully saturated rings. The predicted molar refractivity (Wildman–Crippen MR) is 81.3 cm³/mol. The lowest BCUT2D eigenvalue weighted by Gasteiger charge is -2.16. The summed E-state index contributed by atoms with van der Waals surface area (Å²) in [7, 11) is 0. The summed E-state index contributed by atoms with van der Waals surface area (Å²) in [6, 6.07) is 4.69. The SMILES string of the molecule is CC(Oc1ccc(Cl)cc1Br)C(=O)NCC(=O)NCC(F)(F)F. The van der Waals surface area contributed by atoms with Gasteiger partial charge in [0.05, 0.1) is 11.0 Å². The van der Waals surface area contributed by atoms with Gasteiger partial charge in [-0.15, -0.1) is 0 Å². The minimum absolute atomic E-state index is 0.360. The van der Waals surface area contributed by atoms with E-state index < -0.39 is 37.2 Å². The van der Waals surface area contributed by atoms with Gasteiger partial charge in [0.25, 0.3) is 5.91 Å². The first kappa shape index (κ1) is 19.6. The molecule has 0 heterocycles. The number of amides is 2. The second-order valence-electron chi connectivity index (χ2n) is 4.44. The third-order valence-electron chi connectivity index (χ3n) is 2.48. The molecule has 0 saturated heterocycles. The van der Waals surface area contributed by atoms with E-state index in [0.29, 0.717) is 15.2 Å². The van der Waals surface area contributed by atoms with Crippen molar-refractivity contribution in [3.8, 4) is 5.75 Å². The number of rotatable bonds is 6. The minimum Gasteiger partial charge on any atom is -0.480 e. The van der Waals surface area contributed by atoms with Gasteiger partial charge >= 0.3 is 6.18 Å². The molecule has 0 bridgehead atoms. The molecule has 23 heavy (non-hydrogen) atoms. The van der Waals surface area contributed by atoms with Gasteiger partial charge in [-0.3, -0.25) is 9.59 Å². The molecular formula is C13H13BrClF3N2O3. The highest BCUT2D eigenvalue weighted by atomic mass is 79.9. The second-order valence-corrected chi connectivity index (χ2v) is 5.74. The number of alkyl halides is 3. The first-order valence-electron chi connectivity index (χ1n) is 6.31. The fourth-order valence-corrected chi connectivity index (χ4v) is 2.16. The molecule has 0 aliphatic rings. The first-order chi connectivity index (χ1) is 10.6. The monoisotopic (exact) mass is 416 g/mol. The van der Waals surface area contributed by atoms with Gasteiger partial charge in [0.1, 0.15) is 12.3 Å². The van der Waals surface area contributed by atoms with Gasteiger partial charge in [0.2, 0.25) is 5.91 Å². The maximum absolute atomic E-state index is 11.9. The van der Waals surface area contributed by atoms with E-state index in [9.17, 15) is 22.8 Å². The van der Waals surface area contributed by atoms with Gasteiger partial charge in [-0.05, 0) is 41.1 Å². The number of hydrogen-bond donors (Lipinski definition) is 2. The van der Waals surface area contributed by atoms with E-state index >= 15 is 0 Å². The Hall–Kier alpha value is -1.48. The van der Waals surface area contributed by atoms with Crippen LogP contribution in [0.25, 0.3) is 0 Å². The van der Waals surface area contributed by atoms with E-state index in [0.717, 1.165) is 0 Å². The molecule has 0 saturated carbocycles. The molecule has 0 spiro atoms. The van der Waals surface area contributed by atoms with Crippen LogP contribution in [0.15, 0.2) is 22.7 Å². The number of carbonyl (C=O) groups is 2. The number of carbonyl (C=O) groups excluding carboxylic acids is 2. The lowest BCUT2D eigenvalue weighted by Crippen LogP contribution is -2.44. The maximum Gasteiger partial charge on any atom is 0.405 e. The van der Waals surface area contributed by atoms with Crippen LogP contribution >= 0.6 is 27.5 Å². The third-order valence-corrected chi connectivity index (χ3v) is 3.33. The molecule has 0 aliphatic carbocycles. The Morgan fingerprint density at radius 3 is 2.57 bits per heavy atom. The second kappa shape index (κ2) is 8.39. The van der Waals surface area contributed by atoms with Crippen molar-refractivity contribution >= 4 is 39.3 Å². The first-order valence-corrected chi connectivity index (χ1v) is 7.48. The molecule has 0 aromatic heterocycles. The summed E-state index contributed by atoms with van der Waals surface area (Å²) >= 11 is 8.99. The molecule has 1 aromatic rings.